The predicted molar refractivity (Wildman–Crippen MR) is 110 cm³/mol. The van der Waals surface area contributed by atoms with Gasteiger partial charge in [0.15, 0.2) is 0 Å². The van der Waals surface area contributed by atoms with Gasteiger partial charge in [-0.05, 0) is 36.4 Å². The number of esters is 1. The molecule has 2 N–H and O–H groups in total. The Morgan fingerprint density at radius 3 is 2.43 bits per heavy atom. The van der Waals surface area contributed by atoms with E-state index < -0.39 is 21.9 Å². The van der Waals surface area contributed by atoms with Gasteiger partial charge in [-0.1, -0.05) is 6.07 Å². The minimum Gasteiger partial charge on any atom is -0.423 e. The quantitative estimate of drug-likeness (QED) is 0.535. The second-order valence-corrected chi connectivity index (χ2v) is 9.00. The Balaban J connectivity index is 2.01. The molecule has 0 atom stereocenters. The largest absolute Gasteiger partial charge is 0.423 e. The lowest BCUT2D eigenvalue weighted by Gasteiger charge is -2.30. The van der Waals surface area contributed by atoms with Crippen LogP contribution in [0.3, 0.4) is 0 Å². The number of anilines is 1. The molecule has 2 aromatic rings. The second-order valence-electron chi connectivity index (χ2n) is 6.85. The van der Waals surface area contributed by atoms with E-state index >= 15 is 0 Å². The number of carbonyl (C=O) groups excluding carboxylic acids is 2. The molecule has 0 unspecified atom stereocenters. The van der Waals surface area contributed by atoms with Crippen molar-refractivity contribution < 1.29 is 27.5 Å². The highest BCUT2D eigenvalue weighted by molar-refractivity contribution is 7.89. The molecule has 1 fully saturated rings. The van der Waals surface area contributed by atoms with E-state index in [-0.39, 0.29) is 21.8 Å². The third kappa shape index (κ3) is 4.61. The number of amides is 1. The zero-order valence-corrected chi connectivity index (χ0v) is 17.5. The first-order valence-corrected chi connectivity index (χ1v) is 10.7. The number of sulfonamides is 1. The van der Waals surface area contributed by atoms with Crippen molar-refractivity contribution in [2.75, 3.05) is 45.3 Å². The van der Waals surface area contributed by atoms with Crippen LogP contribution in [-0.4, -0.2) is 65.0 Å². The third-order valence-electron chi connectivity index (χ3n) is 4.65. The number of hydrogen-bond donors (Lipinski definition) is 1. The number of nitrogens with two attached hydrogens (primary N) is 1. The van der Waals surface area contributed by atoms with Crippen LogP contribution < -0.4 is 15.4 Å². The topological polar surface area (TPSA) is 119 Å². The van der Waals surface area contributed by atoms with Crippen LogP contribution in [0.1, 0.15) is 20.7 Å². The molecule has 9 nitrogen and oxygen atoms in total. The Kier molecular flexibility index (Phi) is 6.40. The van der Waals surface area contributed by atoms with Gasteiger partial charge in [0.25, 0.3) is 0 Å². The summed E-state index contributed by atoms with van der Waals surface area (Å²) in [7, 11) is -0.920. The molecule has 30 heavy (non-hydrogen) atoms. The van der Waals surface area contributed by atoms with Crippen molar-refractivity contribution in [1.82, 2.24) is 4.31 Å². The van der Waals surface area contributed by atoms with Crippen molar-refractivity contribution in [2.24, 2.45) is 5.73 Å². The van der Waals surface area contributed by atoms with Crippen molar-refractivity contribution in [1.29, 1.82) is 0 Å². The molecule has 160 valence electrons. The molecule has 0 bridgehead atoms. The average Bonchev–Trinajstić information content (AvgIpc) is 2.74. The fraction of sp³-hybridized carbons (Fsp3) is 0.300. The molecule has 0 radical (unpaired) electrons. The summed E-state index contributed by atoms with van der Waals surface area (Å²) in [6.45, 7) is 2.09. The average molecular weight is 433 g/mol. The van der Waals surface area contributed by atoms with E-state index in [2.05, 4.69) is 0 Å². The highest BCUT2D eigenvalue weighted by atomic mass is 32.2. The third-order valence-corrected chi connectivity index (χ3v) is 6.46. The van der Waals surface area contributed by atoms with Gasteiger partial charge in [-0.25, -0.2) is 17.5 Å². The van der Waals surface area contributed by atoms with Crippen LogP contribution in [0.25, 0.3) is 0 Å². The van der Waals surface area contributed by atoms with Gasteiger partial charge in [0, 0.05) is 32.7 Å². The van der Waals surface area contributed by atoms with E-state index in [1.54, 1.807) is 12.1 Å². The summed E-state index contributed by atoms with van der Waals surface area (Å²) in [4.78, 5) is 26.3. The van der Waals surface area contributed by atoms with E-state index in [1.807, 2.05) is 4.90 Å². The lowest BCUT2D eigenvalue weighted by Crippen LogP contribution is -2.37. The zero-order chi connectivity index (χ0) is 21.9. The molecule has 1 saturated heterocycles. The maximum Gasteiger partial charge on any atom is 0.345 e. The molecule has 0 spiro atoms. The van der Waals surface area contributed by atoms with Crippen LogP contribution >= 0.6 is 0 Å². The van der Waals surface area contributed by atoms with Gasteiger partial charge < -0.3 is 20.1 Å². The maximum atomic E-state index is 13.0. The molecule has 1 heterocycles. The molecule has 0 aliphatic carbocycles. The molecular formula is C20H23N3O6S. The first-order valence-electron chi connectivity index (χ1n) is 9.21. The maximum absolute atomic E-state index is 13.0. The van der Waals surface area contributed by atoms with Gasteiger partial charge in [0.2, 0.25) is 15.9 Å². The lowest BCUT2D eigenvalue weighted by atomic mass is 10.1. The SMILES string of the molecule is CN(C)S(=O)(=O)c1ccc(N2CCOCC2)c(C(=O)Oc2cccc(C(N)=O)c2)c1. The van der Waals surface area contributed by atoms with Crippen LogP contribution in [0.4, 0.5) is 5.69 Å². The van der Waals surface area contributed by atoms with Crippen LogP contribution in [0.2, 0.25) is 0 Å². The summed E-state index contributed by atoms with van der Waals surface area (Å²) in [5, 5.41) is 0. The van der Waals surface area contributed by atoms with Gasteiger partial charge in [0.1, 0.15) is 5.75 Å². The second kappa shape index (κ2) is 8.82. The molecule has 1 aliphatic rings. The summed E-state index contributed by atoms with van der Waals surface area (Å²) in [5.41, 5.74) is 6.11. The van der Waals surface area contributed by atoms with Gasteiger partial charge >= 0.3 is 5.97 Å². The molecule has 1 amide bonds. The van der Waals surface area contributed by atoms with Gasteiger partial charge in [-0.3, -0.25) is 4.79 Å². The van der Waals surface area contributed by atoms with Crippen molar-refractivity contribution in [3.8, 4) is 5.75 Å². The fourth-order valence-corrected chi connectivity index (χ4v) is 3.93. The number of carbonyl (C=O) groups is 2. The van der Waals surface area contributed by atoms with Crippen molar-refractivity contribution >= 4 is 27.6 Å². The summed E-state index contributed by atoms with van der Waals surface area (Å²) in [5.74, 6) is -1.26. The number of primary amides is 1. The molecule has 10 heteroatoms. The Labute approximate surface area is 175 Å². The molecule has 0 aromatic heterocycles. The van der Waals surface area contributed by atoms with Gasteiger partial charge in [-0.2, -0.15) is 0 Å². The van der Waals surface area contributed by atoms with Crippen LogP contribution in [0.15, 0.2) is 47.4 Å². The summed E-state index contributed by atoms with van der Waals surface area (Å²) < 4.78 is 37.0. The van der Waals surface area contributed by atoms with Crippen molar-refractivity contribution in [2.45, 2.75) is 4.90 Å². The number of morpholine rings is 1. The Bertz CT molecular complexity index is 1060. The summed E-state index contributed by atoms with van der Waals surface area (Å²) in [6, 6.07) is 10.3. The smallest absolute Gasteiger partial charge is 0.345 e. The van der Waals surface area contributed by atoms with Crippen molar-refractivity contribution in [3.05, 3.63) is 53.6 Å². The Morgan fingerprint density at radius 2 is 1.80 bits per heavy atom. The molecular weight excluding hydrogens is 410 g/mol. The van der Waals surface area contributed by atoms with Crippen LogP contribution in [-0.2, 0) is 14.8 Å². The summed E-state index contributed by atoms with van der Waals surface area (Å²) >= 11 is 0. The lowest BCUT2D eigenvalue weighted by molar-refractivity contribution is 0.0732. The Morgan fingerprint density at radius 1 is 1.10 bits per heavy atom. The first kappa shape index (κ1) is 21.8. The predicted octanol–water partition coefficient (Wildman–Crippen LogP) is 1.09. The number of ether oxygens (including phenoxy) is 2. The van der Waals surface area contributed by atoms with Crippen molar-refractivity contribution in [3.63, 3.8) is 0 Å². The van der Waals surface area contributed by atoms with Gasteiger partial charge in [-0.15, -0.1) is 0 Å². The van der Waals surface area contributed by atoms with Crippen LogP contribution in [0.5, 0.6) is 5.75 Å². The number of rotatable bonds is 6. The molecule has 3 rings (SSSR count). The first-order chi connectivity index (χ1) is 14.2. The van der Waals surface area contributed by atoms with E-state index in [4.69, 9.17) is 15.2 Å². The molecule has 1 aliphatic heterocycles. The summed E-state index contributed by atoms with van der Waals surface area (Å²) in [6.07, 6.45) is 0. The fourth-order valence-electron chi connectivity index (χ4n) is 3.00. The van der Waals surface area contributed by atoms with E-state index in [9.17, 15) is 18.0 Å². The number of nitrogens with zero attached hydrogens (tertiary/aromatic N) is 2. The highest BCUT2D eigenvalue weighted by Crippen LogP contribution is 2.28. The molecule has 2 aromatic carbocycles. The minimum absolute atomic E-state index is 0.0256. The number of hydrogen-bond acceptors (Lipinski definition) is 7. The Hall–Kier alpha value is -2.95. The van der Waals surface area contributed by atoms with Crippen LogP contribution in [0, 0.1) is 0 Å². The van der Waals surface area contributed by atoms with E-state index in [0.29, 0.717) is 32.0 Å². The number of benzene rings is 2. The standard InChI is InChI=1S/C20H23N3O6S/c1-22(2)30(26,27)16-6-7-18(23-8-10-28-11-9-23)17(13-16)20(25)29-15-5-3-4-14(12-15)19(21)24/h3-7,12-13H,8-11H2,1-2H3,(H2,21,24). The normalized spacial score (nSPS) is 14.6. The van der Waals surface area contributed by atoms with Gasteiger partial charge in [0.05, 0.1) is 29.4 Å². The highest BCUT2D eigenvalue weighted by Gasteiger charge is 2.25. The van der Waals surface area contributed by atoms with E-state index in [1.165, 1.54) is 44.4 Å². The minimum atomic E-state index is -3.75. The monoisotopic (exact) mass is 433 g/mol. The van der Waals surface area contributed by atoms with E-state index in [0.717, 1.165) is 4.31 Å². The zero-order valence-electron chi connectivity index (χ0n) is 16.7. The molecule has 0 saturated carbocycles.